The Morgan fingerprint density at radius 3 is 2.85 bits per heavy atom. The van der Waals surface area contributed by atoms with Gasteiger partial charge in [0.25, 0.3) is 0 Å². The second kappa shape index (κ2) is 5.99. The van der Waals surface area contributed by atoms with Crippen LogP contribution in [0.15, 0.2) is 46.9 Å². The molecule has 20 heavy (non-hydrogen) atoms. The summed E-state index contributed by atoms with van der Waals surface area (Å²) in [5.41, 5.74) is 1.10. The summed E-state index contributed by atoms with van der Waals surface area (Å²) in [6.45, 7) is 2.10. The molecule has 1 N–H and O–H groups in total. The Kier molecular flexibility index (Phi) is 4.10. The summed E-state index contributed by atoms with van der Waals surface area (Å²) in [5.74, 6) is 0.814. The molecule has 0 aliphatic carbocycles. The molecule has 3 nitrogen and oxygen atoms in total. The molecule has 0 amide bonds. The fourth-order valence-electron chi connectivity index (χ4n) is 1.85. The van der Waals surface area contributed by atoms with Crippen molar-refractivity contribution in [2.24, 2.45) is 0 Å². The fraction of sp³-hybridized carbons (Fsp3) is 0.143. The minimum atomic E-state index is 0.204. The number of hydrogen-bond donors (Lipinski definition) is 1. The van der Waals surface area contributed by atoms with Crippen LogP contribution in [0.5, 0.6) is 0 Å². The Labute approximate surface area is 130 Å². The fourth-order valence-corrected chi connectivity index (χ4v) is 3.77. The molecule has 0 aliphatic rings. The lowest BCUT2D eigenvalue weighted by molar-refractivity contribution is 0.960. The number of nitrogens with one attached hydrogen (secondary N) is 1. The van der Waals surface area contributed by atoms with Crippen molar-refractivity contribution in [1.82, 2.24) is 15.2 Å². The summed E-state index contributed by atoms with van der Waals surface area (Å²) >= 11 is 9.45. The number of nitrogens with zero attached hydrogens (tertiary/aromatic N) is 2. The van der Waals surface area contributed by atoms with Crippen LogP contribution in [0, 0.1) is 0 Å². The van der Waals surface area contributed by atoms with Gasteiger partial charge in [0.2, 0.25) is 5.16 Å². The second-order valence-electron chi connectivity index (χ2n) is 4.23. The number of thioether (sulfide) groups is 1. The van der Waals surface area contributed by atoms with Gasteiger partial charge in [-0.1, -0.05) is 47.6 Å². The van der Waals surface area contributed by atoms with Crippen LogP contribution < -0.4 is 0 Å². The Bertz CT molecular complexity index is 694. The highest BCUT2D eigenvalue weighted by Crippen LogP contribution is 2.36. The van der Waals surface area contributed by atoms with Gasteiger partial charge in [-0.05, 0) is 30.0 Å². The van der Waals surface area contributed by atoms with Gasteiger partial charge in [0.15, 0.2) is 5.82 Å². The largest absolute Gasteiger partial charge is 0.257 e. The van der Waals surface area contributed by atoms with Crippen molar-refractivity contribution in [1.29, 1.82) is 0 Å². The van der Waals surface area contributed by atoms with Crippen molar-refractivity contribution in [3.8, 4) is 10.7 Å². The van der Waals surface area contributed by atoms with Gasteiger partial charge in [-0.2, -0.15) is 0 Å². The molecule has 3 rings (SSSR count). The van der Waals surface area contributed by atoms with Crippen LogP contribution >= 0.6 is 34.7 Å². The molecule has 1 atom stereocenters. The van der Waals surface area contributed by atoms with Gasteiger partial charge >= 0.3 is 0 Å². The van der Waals surface area contributed by atoms with Crippen molar-refractivity contribution in [3.05, 3.63) is 52.4 Å². The van der Waals surface area contributed by atoms with Crippen molar-refractivity contribution >= 4 is 34.7 Å². The lowest BCUT2D eigenvalue weighted by Crippen LogP contribution is -1.90. The average Bonchev–Trinajstić information content (AvgIpc) is 3.09. The molecule has 0 saturated heterocycles. The van der Waals surface area contributed by atoms with Gasteiger partial charge < -0.3 is 0 Å². The zero-order chi connectivity index (χ0) is 13.9. The Morgan fingerprint density at radius 1 is 1.25 bits per heavy atom. The highest BCUT2D eigenvalue weighted by molar-refractivity contribution is 7.99. The molecular formula is C14H12ClN3S2. The van der Waals surface area contributed by atoms with E-state index in [4.69, 9.17) is 11.6 Å². The molecular weight excluding hydrogens is 310 g/mol. The van der Waals surface area contributed by atoms with E-state index in [0.29, 0.717) is 0 Å². The molecule has 1 aromatic carbocycles. The van der Waals surface area contributed by atoms with E-state index in [1.165, 1.54) is 0 Å². The minimum Gasteiger partial charge on any atom is -0.257 e. The smallest absolute Gasteiger partial charge is 0.209 e. The number of halogens is 1. The molecule has 0 unspecified atom stereocenters. The maximum Gasteiger partial charge on any atom is 0.209 e. The van der Waals surface area contributed by atoms with Crippen molar-refractivity contribution < 1.29 is 0 Å². The number of thiophene rings is 1. The lowest BCUT2D eigenvalue weighted by atomic mass is 10.2. The van der Waals surface area contributed by atoms with Gasteiger partial charge in [-0.25, -0.2) is 4.98 Å². The van der Waals surface area contributed by atoms with E-state index in [1.807, 2.05) is 41.8 Å². The van der Waals surface area contributed by atoms with Gasteiger partial charge in [-0.15, -0.1) is 16.4 Å². The molecule has 6 heteroatoms. The number of aromatic amines is 1. The maximum absolute atomic E-state index is 6.21. The van der Waals surface area contributed by atoms with Gasteiger partial charge in [0.1, 0.15) is 0 Å². The van der Waals surface area contributed by atoms with Crippen LogP contribution in [0.25, 0.3) is 10.7 Å². The summed E-state index contributed by atoms with van der Waals surface area (Å²) in [7, 11) is 0. The van der Waals surface area contributed by atoms with Gasteiger partial charge in [0, 0.05) is 10.3 Å². The quantitative estimate of drug-likeness (QED) is 0.684. The normalized spacial score (nSPS) is 12.5. The monoisotopic (exact) mass is 321 g/mol. The molecule has 0 radical (unpaired) electrons. The summed E-state index contributed by atoms with van der Waals surface area (Å²) < 4.78 is 0. The maximum atomic E-state index is 6.21. The van der Waals surface area contributed by atoms with E-state index in [9.17, 15) is 0 Å². The number of hydrogen-bond acceptors (Lipinski definition) is 4. The van der Waals surface area contributed by atoms with Crippen LogP contribution in [0.2, 0.25) is 5.02 Å². The Hall–Kier alpha value is -1.30. The van der Waals surface area contributed by atoms with E-state index in [1.54, 1.807) is 23.1 Å². The van der Waals surface area contributed by atoms with E-state index >= 15 is 0 Å². The first-order chi connectivity index (χ1) is 9.74. The van der Waals surface area contributed by atoms with E-state index < -0.39 is 0 Å². The third kappa shape index (κ3) is 2.90. The standard InChI is InChI=1S/C14H12ClN3S2/c1-9(10-5-2-3-6-11(10)15)20-14-16-13(17-18-14)12-7-4-8-19-12/h2-9H,1H3,(H,16,17,18)/t9-/m1/s1. The topological polar surface area (TPSA) is 41.6 Å². The van der Waals surface area contributed by atoms with Crippen LogP contribution in [0.1, 0.15) is 17.7 Å². The third-order valence-electron chi connectivity index (χ3n) is 2.84. The first-order valence-corrected chi connectivity index (χ1v) is 8.25. The van der Waals surface area contributed by atoms with Crippen LogP contribution in [0.3, 0.4) is 0 Å². The first kappa shape index (κ1) is 13.7. The molecule has 0 aliphatic heterocycles. The highest BCUT2D eigenvalue weighted by Gasteiger charge is 2.14. The predicted molar refractivity (Wildman–Crippen MR) is 85.4 cm³/mol. The molecule has 0 bridgehead atoms. The van der Waals surface area contributed by atoms with Crippen molar-refractivity contribution in [3.63, 3.8) is 0 Å². The minimum absolute atomic E-state index is 0.204. The molecule has 2 aromatic heterocycles. The summed E-state index contributed by atoms with van der Waals surface area (Å²) in [6.07, 6.45) is 0. The molecule has 0 spiro atoms. The molecule has 2 heterocycles. The van der Waals surface area contributed by atoms with Crippen LogP contribution in [0.4, 0.5) is 0 Å². The highest BCUT2D eigenvalue weighted by atomic mass is 35.5. The Balaban J connectivity index is 1.77. The zero-order valence-corrected chi connectivity index (χ0v) is 13.1. The molecule has 0 fully saturated rings. The first-order valence-electron chi connectivity index (χ1n) is 6.11. The number of rotatable bonds is 4. The van der Waals surface area contributed by atoms with Gasteiger partial charge in [-0.3, -0.25) is 5.10 Å². The van der Waals surface area contributed by atoms with Crippen LogP contribution in [-0.4, -0.2) is 15.2 Å². The SMILES string of the molecule is C[C@@H](Sc1n[nH]c(-c2cccs2)n1)c1ccccc1Cl. The number of H-pyrrole nitrogens is 1. The Morgan fingerprint density at radius 2 is 2.10 bits per heavy atom. The van der Waals surface area contributed by atoms with Crippen molar-refractivity contribution in [2.75, 3.05) is 0 Å². The van der Waals surface area contributed by atoms with Crippen LogP contribution in [-0.2, 0) is 0 Å². The number of benzene rings is 1. The van der Waals surface area contributed by atoms with Gasteiger partial charge in [0.05, 0.1) is 4.88 Å². The lowest BCUT2D eigenvalue weighted by Gasteiger charge is -2.10. The zero-order valence-electron chi connectivity index (χ0n) is 10.7. The molecule has 0 saturated carbocycles. The second-order valence-corrected chi connectivity index (χ2v) is 6.89. The summed E-state index contributed by atoms with van der Waals surface area (Å²) in [4.78, 5) is 5.60. The summed E-state index contributed by atoms with van der Waals surface area (Å²) in [5, 5.41) is 11.0. The molecule has 3 aromatic rings. The third-order valence-corrected chi connectivity index (χ3v) is 5.07. The average molecular weight is 322 g/mol. The predicted octanol–water partition coefficient (Wildman–Crippen LogP) is 5.04. The molecule has 102 valence electrons. The number of aromatic nitrogens is 3. The van der Waals surface area contributed by atoms with E-state index in [0.717, 1.165) is 26.4 Å². The van der Waals surface area contributed by atoms with E-state index in [2.05, 4.69) is 22.1 Å². The van der Waals surface area contributed by atoms with Crippen molar-refractivity contribution in [2.45, 2.75) is 17.3 Å². The van der Waals surface area contributed by atoms with E-state index in [-0.39, 0.29) is 5.25 Å². The summed E-state index contributed by atoms with van der Waals surface area (Å²) in [6, 6.07) is 11.9.